The number of nitrogens with zero attached hydrogens (tertiary/aromatic N) is 2. The van der Waals surface area contributed by atoms with Crippen LogP contribution >= 0.6 is 0 Å². The molecular formula is C11H10FN3O. The van der Waals surface area contributed by atoms with Crippen molar-refractivity contribution in [1.29, 1.82) is 0 Å². The van der Waals surface area contributed by atoms with E-state index in [-0.39, 0.29) is 18.4 Å². The topological polar surface area (TPSA) is 61.0 Å². The fraction of sp³-hybridized carbons (Fsp3) is 0.0909. The van der Waals surface area contributed by atoms with Crippen LogP contribution in [0.5, 0.6) is 5.88 Å². The Kier molecular flexibility index (Phi) is 2.95. The molecule has 0 bridgehead atoms. The molecule has 0 radical (unpaired) electrons. The second-order valence-electron chi connectivity index (χ2n) is 3.13. The first-order chi connectivity index (χ1) is 7.75. The van der Waals surface area contributed by atoms with E-state index in [0.717, 1.165) is 0 Å². The van der Waals surface area contributed by atoms with E-state index in [1.165, 1.54) is 12.3 Å². The fourth-order valence-corrected chi connectivity index (χ4v) is 1.20. The predicted octanol–water partition coefficient (Wildman–Crippen LogP) is 1.78. The summed E-state index contributed by atoms with van der Waals surface area (Å²) in [6.07, 6.45) is 1.49. The van der Waals surface area contributed by atoms with Crippen molar-refractivity contribution in [3.05, 3.63) is 47.9 Å². The highest BCUT2D eigenvalue weighted by atomic mass is 19.1. The van der Waals surface area contributed by atoms with Crippen LogP contribution in [-0.2, 0) is 6.61 Å². The van der Waals surface area contributed by atoms with Gasteiger partial charge in [-0.3, -0.25) is 0 Å². The Bertz CT molecular complexity index is 490. The molecular weight excluding hydrogens is 209 g/mol. The van der Waals surface area contributed by atoms with E-state index in [9.17, 15) is 4.39 Å². The number of hydrogen-bond donors (Lipinski definition) is 1. The normalized spacial score (nSPS) is 10.1. The maximum atomic E-state index is 13.2. The van der Waals surface area contributed by atoms with Gasteiger partial charge in [0.1, 0.15) is 12.4 Å². The molecule has 0 saturated heterocycles. The Morgan fingerprint density at radius 2 is 2.06 bits per heavy atom. The Balaban J connectivity index is 2.05. The number of rotatable bonds is 3. The van der Waals surface area contributed by atoms with E-state index in [0.29, 0.717) is 11.4 Å². The SMILES string of the molecule is Nc1nccc(OCc2ccccc2F)n1. The first kappa shape index (κ1) is 10.4. The van der Waals surface area contributed by atoms with Crippen molar-refractivity contribution in [1.82, 2.24) is 9.97 Å². The van der Waals surface area contributed by atoms with Gasteiger partial charge < -0.3 is 10.5 Å². The molecule has 1 heterocycles. The monoisotopic (exact) mass is 219 g/mol. The third kappa shape index (κ3) is 2.44. The zero-order valence-electron chi connectivity index (χ0n) is 8.43. The van der Waals surface area contributed by atoms with Crippen LogP contribution in [0.15, 0.2) is 36.5 Å². The van der Waals surface area contributed by atoms with E-state index >= 15 is 0 Å². The zero-order chi connectivity index (χ0) is 11.4. The molecule has 2 rings (SSSR count). The van der Waals surface area contributed by atoms with E-state index in [4.69, 9.17) is 10.5 Å². The lowest BCUT2D eigenvalue weighted by Gasteiger charge is -2.05. The Morgan fingerprint density at radius 3 is 2.81 bits per heavy atom. The van der Waals surface area contributed by atoms with Gasteiger partial charge in [-0.25, -0.2) is 9.37 Å². The minimum atomic E-state index is -0.301. The van der Waals surface area contributed by atoms with Crippen molar-refractivity contribution in [2.75, 3.05) is 5.73 Å². The van der Waals surface area contributed by atoms with Crippen molar-refractivity contribution in [2.24, 2.45) is 0 Å². The molecule has 0 aliphatic carbocycles. The number of anilines is 1. The number of halogens is 1. The summed E-state index contributed by atoms with van der Waals surface area (Å²) in [5.74, 6) is 0.159. The van der Waals surface area contributed by atoms with Gasteiger partial charge in [0.25, 0.3) is 0 Å². The van der Waals surface area contributed by atoms with Crippen molar-refractivity contribution in [2.45, 2.75) is 6.61 Å². The summed E-state index contributed by atoms with van der Waals surface area (Å²) < 4.78 is 18.5. The van der Waals surface area contributed by atoms with Gasteiger partial charge in [0.2, 0.25) is 11.8 Å². The van der Waals surface area contributed by atoms with Crippen LogP contribution in [0, 0.1) is 5.82 Å². The van der Waals surface area contributed by atoms with Crippen LogP contribution in [0.25, 0.3) is 0 Å². The van der Waals surface area contributed by atoms with E-state index in [1.54, 1.807) is 24.3 Å². The van der Waals surface area contributed by atoms with Crippen molar-refractivity contribution in [3.8, 4) is 5.88 Å². The molecule has 16 heavy (non-hydrogen) atoms. The van der Waals surface area contributed by atoms with Crippen LogP contribution < -0.4 is 10.5 Å². The van der Waals surface area contributed by atoms with E-state index in [2.05, 4.69) is 9.97 Å². The van der Waals surface area contributed by atoms with Crippen molar-refractivity contribution in [3.63, 3.8) is 0 Å². The molecule has 5 heteroatoms. The minimum absolute atomic E-state index is 0.114. The second kappa shape index (κ2) is 4.57. The van der Waals surface area contributed by atoms with Gasteiger partial charge in [-0.15, -0.1) is 0 Å². The molecule has 0 unspecified atom stereocenters. The van der Waals surface area contributed by atoms with Gasteiger partial charge in [0.15, 0.2) is 0 Å². The lowest BCUT2D eigenvalue weighted by Crippen LogP contribution is -2.01. The lowest BCUT2D eigenvalue weighted by molar-refractivity contribution is 0.288. The van der Waals surface area contributed by atoms with Gasteiger partial charge >= 0.3 is 0 Å². The molecule has 0 saturated carbocycles. The largest absolute Gasteiger partial charge is 0.473 e. The number of ether oxygens (including phenoxy) is 1. The number of aromatic nitrogens is 2. The van der Waals surface area contributed by atoms with Gasteiger partial charge in [-0.05, 0) is 6.07 Å². The highest BCUT2D eigenvalue weighted by molar-refractivity contribution is 5.22. The lowest BCUT2D eigenvalue weighted by atomic mass is 10.2. The summed E-state index contributed by atoms with van der Waals surface area (Å²) in [6, 6.07) is 7.97. The second-order valence-corrected chi connectivity index (χ2v) is 3.13. The third-order valence-corrected chi connectivity index (χ3v) is 1.98. The Hall–Kier alpha value is -2.17. The van der Waals surface area contributed by atoms with Crippen LogP contribution in [0.4, 0.5) is 10.3 Å². The Labute approximate surface area is 91.9 Å². The number of nitrogen functional groups attached to an aromatic ring is 1. The highest BCUT2D eigenvalue weighted by Gasteiger charge is 2.02. The molecule has 0 aliphatic rings. The average molecular weight is 219 g/mol. The molecule has 0 atom stereocenters. The van der Waals surface area contributed by atoms with Crippen LogP contribution in [0.1, 0.15) is 5.56 Å². The molecule has 0 amide bonds. The molecule has 0 aliphatic heterocycles. The summed E-state index contributed by atoms with van der Waals surface area (Å²) in [6.45, 7) is 0.114. The van der Waals surface area contributed by atoms with E-state index in [1.807, 2.05) is 0 Å². The van der Waals surface area contributed by atoms with Crippen molar-refractivity contribution < 1.29 is 9.13 Å². The molecule has 0 fully saturated rings. The van der Waals surface area contributed by atoms with Gasteiger partial charge in [0.05, 0.1) is 0 Å². The maximum Gasteiger partial charge on any atom is 0.223 e. The van der Waals surface area contributed by atoms with Gasteiger partial charge in [0, 0.05) is 17.8 Å². The molecule has 2 aromatic rings. The van der Waals surface area contributed by atoms with Crippen LogP contribution in [0.3, 0.4) is 0 Å². The van der Waals surface area contributed by atoms with Crippen molar-refractivity contribution >= 4 is 5.95 Å². The van der Waals surface area contributed by atoms with Gasteiger partial charge in [-0.1, -0.05) is 18.2 Å². The summed E-state index contributed by atoms with van der Waals surface area (Å²) >= 11 is 0. The molecule has 1 aromatic carbocycles. The summed E-state index contributed by atoms with van der Waals surface area (Å²) in [4.78, 5) is 7.56. The standard InChI is InChI=1S/C11H10FN3O/c12-9-4-2-1-3-8(9)7-16-10-5-6-14-11(13)15-10/h1-6H,7H2,(H2,13,14,15). The van der Waals surface area contributed by atoms with Crippen LogP contribution in [-0.4, -0.2) is 9.97 Å². The summed E-state index contributed by atoms with van der Waals surface area (Å²) in [5.41, 5.74) is 5.85. The highest BCUT2D eigenvalue weighted by Crippen LogP contribution is 2.11. The molecule has 2 N–H and O–H groups in total. The summed E-state index contributed by atoms with van der Waals surface area (Å²) in [5, 5.41) is 0. The zero-order valence-corrected chi connectivity index (χ0v) is 8.43. The number of benzene rings is 1. The quantitative estimate of drug-likeness (QED) is 0.854. The Morgan fingerprint density at radius 1 is 1.25 bits per heavy atom. The molecule has 0 spiro atoms. The molecule has 82 valence electrons. The molecule has 1 aromatic heterocycles. The average Bonchev–Trinajstić information content (AvgIpc) is 2.28. The van der Waals surface area contributed by atoms with Gasteiger partial charge in [-0.2, -0.15) is 4.98 Å². The first-order valence-corrected chi connectivity index (χ1v) is 4.70. The minimum Gasteiger partial charge on any atom is -0.473 e. The molecule has 4 nitrogen and oxygen atoms in total. The van der Waals surface area contributed by atoms with Crippen LogP contribution in [0.2, 0.25) is 0 Å². The fourth-order valence-electron chi connectivity index (χ4n) is 1.20. The van der Waals surface area contributed by atoms with E-state index < -0.39 is 0 Å². The summed E-state index contributed by atoms with van der Waals surface area (Å²) in [7, 11) is 0. The number of hydrogen-bond acceptors (Lipinski definition) is 4. The first-order valence-electron chi connectivity index (χ1n) is 4.70. The smallest absolute Gasteiger partial charge is 0.223 e. The third-order valence-electron chi connectivity index (χ3n) is 1.98. The maximum absolute atomic E-state index is 13.2. The predicted molar refractivity (Wildman–Crippen MR) is 57.2 cm³/mol. The number of nitrogens with two attached hydrogens (primary N) is 1.